The van der Waals surface area contributed by atoms with Gasteiger partial charge in [0.05, 0.1) is 23.9 Å². The van der Waals surface area contributed by atoms with E-state index < -0.39 is 0 Å². The minimum atomic E-state index is -0.316. The largest absolute Gasteiger partial charge is 0.371 e. The molecule has 1 N–H and O–H groups in total. The Bertz CT molecular complexity index is 714. The number of piperidine rings is 1. The van der Waals surface area contributed by atoms with Gasteiger partial charge in [-0.2, -0.15) is 0 Å². The summed E-state index contributed by atoms with van der Waals surface area (Å²) in [5, 5.41) is 3.20. The van der Waals surface area contributed by atoms with E-state index in [-0.39, 0.29) is 17.5 Å². The Morgan fingerprint density at radius 2 is 2.16 bits per heavy atom. The van der Waals surface area contributed by atoms with Crippen LogP contribution in [0.3, 0.4) is 0 Å². The van der Waals surface area contributed by atoms with Gasteiger partial charge in [-0.05, 0) is 43.7 Å². The summed E-state index contributed by atoms with van der Waals surface area (Å²) in [5.74, 6) is -0.00169. The molecule has 132 valence electrons. The van der Waals surface area contributed by atoms with E-state index in [4.69, 9.17) is 4.74 Å². The quantitative estimate of drug-likeness (QED) is 0.926. The van der Waals surface area contributed by atoms with Crippen molar-refractivity contribution in [1.82, 2.24) is 14.9 Å². The Labute approximate surface area is 147 Å². The van der Waals surface area contributed by atoms with Crippen LogP contribution in [0.5, 0.6) is 0 Å². The second kappa shape index (κ2) is 7.06. The first kappa shape index (κ1) is 16.4. The normalized spacial score (nSPS) is 26.8. The van der Waals surface area contributed by atoms with Gasteiger partial charge in [0.1, 0.15) is 0 Å². The van der Waals surface area contributed by atoms with Crippen molar-refractivity contribution in [2.75, 3.05) is 25.0 Å². The Kier molecular flexibility index (Phi) is 4.63. The molecule has 2 fully saturated rings. The van der Waals surface area contributed by atoms with E-state index in [1.165, 1.54) is 6.07 Å². The molecule has 1 spiro atoms. The molecule has 0 amide bonds. The molecule has 0 saturated carbocycles. The lowest BCUT2D eigenvalue weighted by molar-refractivity contribution is -0.0535. The summed E-state index contributed by atoms with van der Waals surface area (Å²) in [5.41, 5.74) is 0.943. The number of halogens is 1. The van der Waals surface area contributed by atoms with Gasteiger partial charge in [0, 0.05) is 31.9 Å². The van der Waals surface area contributed by atoms with Gasteiger partial charge in [0.25, 0.3) is 0 Å². The standard InChI is InChI=1S/C19H23FN4O/c20-17-6-3-9-22-18(17)23-16-11-19(25-13-16)7-4-10-24(14-19)12-15-5-1-2-8-21-15/h1-3,5-6,8-9,16H,4,7,10-14H2,(H,22,23)/t16-,19-/m1/s1. The van der Waals surface area contributed by atoms with Crippen molar-refractivity contribution in [3.8, 4) is 0 Å². The first-order valence-electron chi connectivity index (χ1n) is 8.86. The van der Waals surface area contributed by atoms with Crippen LogP contribution in [-0.2, 0) is 11.3 Å². The van der Waals surface area contributed by atoms with E-state index in [9.17, 15) is 4.39 Å². The monoisotopic (exact) mass is 342 g/mol. The molecule has 4 rings (SSSR count). The Morgan fingerprint density at radius 1 is 1.24 bits per heavy atom. The third-order valence-electron chi connectivity index (χ3n) is 5.04. The molecule has 4 heterocycles. The van der Waals surface area contributed by atoms with Gasteiger partial charge < -0.3 is 10.1 Å². The van der Waals surface area contributed by atoms with Crippen LogP contribution in [0.4, 0.5) is 10.2 Å². The Hall–Kier alpha value is -2.05. The van der Waals surface area contributed by atoms with Crippen LogP contribution in [0.2, 0.25) is 0 Å². The van der Waals surface area contributed by atoms with Gasteiger partial charge >= 0.3 is 0 Å². The lowest BCUT2D eigenvalue weighted by Crippen LogP contribution is -2.47. The second-order valence-corrected chi connectivity index (χ2v) is 7.01. The average Bonchev–Trinajstić information content (AvgIpc) is 3.00. The fourth-order valence-electron chi connectivity index (χ4n) is 3.95. The maximum Gasteiger partial charge on any atom is 0.165 e. The second-order valence-electron chi connectivity index (χ2n) is 7.01. The molecule has 2 aromatic heterocycles. The summed E-state index contributed by atoms with van der Waals surface area (Å²) in [7, 11) is 0. The zero-order valence-electron chi connectivity index (χ0n) is 14.2. The average molecular weight is 342 g/mol. The number of likely N-dealkylation sites (tertiary alicyclic amines) is 1. The number of hydrogen-bond donors (Lipinski definition) is 1. The molecule has 2 saturated heterocycles. The molecular formula is C19H23FN4O. The summed E-state index contributed by atoms with van der Waals surface area (Å²) in [4.78, 5) is 10.9. The molecule has 6 heteroatoms. The van der Waals surface area contributed by atoms with Gasteiger partial charge in [-0.3, -0.25) is 9.88 Å². The van der Waals surface area contributed by atoms with Crippen LogP contribution >= 0.6 is 0 Å². The van der Waals surface area contributed by atoms with E-state index in [0.717, 1.165) is 44.6 Å². The van der Waals surface area contributed by atoms with Crippen LogP contribution in [0.1, 0.15) is 25.0 Å². The third-order valence-corrected chi connectivity index (χ3v) is 5.04. The zero-order chi connectivity index (χ0) is 17.1. The molecule has 25 heavy (non-hydrogen) atoms. The van der Waals surface area contributed by atoms with Crippen molar-refractivity contribution in [1.29, 1.82) is 0 Å². The summed E-state index contributed by atoms with van der Waals surface area (Å²) < 4.78 is 20.0. The number of aromatic nitrogens is 2. The summed E-state index contributed by atoms with van der Waals surface area (Å²) in [6.07, 6.45) is 6.47. The van der Waals surface area contributed by atoms with Crippen molar-refractivity contribution in [2.24, 2.45) is 0 Å². The van der Waals surface area contributed by atoms with Gasteiger partial charge in [-0.25, -0.2) is 9.37 Å². The molecule has 2 aliphatic heterocycles. The molecule has 0 unspecified atom stereocenters. The van der Waals surface area contributed by atoms with E-state index >= 15 is 0 Å². The molecule has 0 bridgehead atoms. The van der Waals surface area contributed by atoms with Crippen molar-refractivity contribution < 1.29 is 9.13 Å². The molecule has 0 radical (unpaired) electrons. The van der Waals surface area contributed by atoms with E-state index in [1.54, 1.807) is 12.3 Å². The van der Waals surface area contributed by atoms with Crippen LogP contribution in [-0.4, -0.2) is 46.2 Å². The molecule has 2 aliphatic rings. The maximum atomic E-state index is 13.8. The predicted octanol–water partition coefficient (Wildman–Crippen LogP) is 2.85. The molecule has 2 aromatic rings. The van der Waals surface area contributed by atoms with Gasteiger partial charge in [0.2, 0.25) is 0 Å². The Balaban J connectivity index is 1.38. The lowest BCUT2D eigenvalue weighted by atomic mass is 9.88. The minimum absolute atomic E-state index is 0.0965. The SMILES string of the molecule is Fc1cccnc1N[C@H]1CO[C@]2(CCCN(Cc3ccccn3)C2)C1. The molecular weight excluding hydrogens is 319 g/mol. The van der Waals surface area contributed by atoms with Crippen LogP contribution in [0.15, 0.2) is 42.7 Å². The fraction of sp³-hybridized carbons (Fsp3) is 0.474. The number of nitrogens with zero attached hydrogens (tertiary/aromatic N) is 3. The Morgan fingerprint density at radius 3 is 3.00 bits per heavy atom. The van der Waals surface area contributed by atoms with Crippen molar-refractivity contribution in [3.05, 3.63) is 54.2 Å². The minimum Gasteiger partial charge on any atom is -0.371 e. The number of rotatable bonds is 4. The van der Waals surface area contributed by atoms with Crippen molar-refractivity contribution in [2.45, 2.75) is 37.5 Å². The summed E-state index contributed by atoms with van der Waals surface area (Å²) in [6.45, 7) is 3.40. The topological polar surface area (TPSA) is 50.3 Å². The number of nitrogens with one attached hydrogen (secondary N) is 1. The third kappa shape index (κ3) is 3.80. The zero-order valence-corrected chi connectivity index (χ0v) is 14.2. The van der Waals surface area contributed by atoms with Crippen LogP contribution in [0.25, 0.3) is 0 Å². The van der Waals surface area contributed by atoms with E-state index in [1.807, 2.05) is 18.3 Å². The molecule has 0 aromatic carbocycles. The molecule has 0 aliphatic carbocycles. The summed E-state index contributed by atoms with van der Waals surface area (Å²) >= 11 is 0. The molecule has 5 nitrogen and oxygen atoms in total. The fourth-order valence-corrected chi connectivity index (χ4v) is 3.95. The van der Waals surface area contributed by atoms with Crippen molar-refractivity contribution >= 4 is 5.82 Å². The lowest BCUT2D eigenvalue weighted by Gasteiger charge is -2.39. The maximum absolute atomic E-state index is 13.8. The highest BCUT2D eigenvalue weighted by atomic mass is 19.1. The van der Waals surface area contributed by atoms with Gasteiger partial charge in [-0.1, -0.05) is 6.07 Å². The highest BCUT2D eigenvalue weighted by Crippen LogP contribution is 2.36. The summed E-state index contributed by atoms with van der Waals surface area (Å²) in [6, 6.07) is 9.15. The van der Waals surface area contributed by atoms with E-state index in [0.29, 0.717) is 12.4 Å². The number of pyridine rings is 2. The number of hydrogen-bond acceptors (Lipinski definition) is 5. The number of ether oxygens (including phenoxy) is 1. The highest BCUT2D eigenvalue weighted by molar-refractivity contribution is 5.37. The smallest absolute Gasteiger partial charge is 0.165 e. The van der Waals surface area contributed by atoms with Crippen LogP contribution < -0.4 is 5.32 Å². The van der Waals surface area contributed by atoms with Gasteiger partial charge in [-0.15, -0.1) is 0 Å². The predicted molar refractivity (Wildman–Crippen MR) is 93.7 cm³/mol. The van der Waals surface area contributed by atoms with E-state index in [2.05, 4.69) is 26.3 Å². The van der Waals surface area contributed by atoms with Crippen molar-refractivity contribution in [3.63, 3.8) is 0 Å². The first-order chi connectivity index (χ1) is 12.2. The van der Waals surface area contributed by atoms with Crippen LogP contribution in [0, 0.1) is 5.82 Å². The number of anilines is 1. The highest BCUT2D eigenvalue weighted by Gasteiger charge is 2.43. The first-order valence-corrected chi connectivity index (χ1v) is 8.86. The molecule has 2 atom stereocenters. The van der Waals surface area contributed by atoms with Gasteiger partial charge in [0.15, 0.2) is 11.6 Å².